The number of H-pyrrole nitrogens is 1. The van der Waals surface area contributed by atoms with Crippen LogP contribution in [0, 0.1) is 5.92 Å². The first-order valence-corrected chi connectivity index (χ1v) is 6.80. The van der Waals surface area contributed by atoms with Crippen molar-refractivity contribution in [3.05, 3.63) is 40.6 Å². The number of para-hydroxylation sites is 1. The number of aromatic nitrogens is 1. The van der Waals surface area contributed by atoms with E-state index < -0.39 is 0 Å². The maximum Gasteiger partial charge on any atom is 0.191 e. The highest BCUT2D eigenvalue weighted by Crippen LogP contribution is 2.11. The summed E-state index contributed by atoms with van der Waals surface area (Å²) in [6, 6.07) is 9.14. The Morgan fingerprint density at radius 2 is 2.16 bits per heavy atom. The van der Waals surface area contributed by atoms with Gasteiger partial charge in [0.25, 0.3) is 0 Å². The van der Waals surface area contributed by atoms with E-state index in [0.29, 0.717) is 12.5 Å². The van der Waals surface area contributed by atoms with Gasteiger partial charge in [-0.3, -0.25) is 4.79 Å². The van der Waals surface area contributed by atoms with E-state index in [-0.39, 0.29) is 5.43 Å². The summed E-state index contributed by atoms with van der Waals surface area (Å²) in [4.78, 5) is 15.2. The standard InChI is InChI=1S/C15H21N3O/c1-2-5-11(9-16)10-17-15-8-14(19)12-6-3-4-7-13(12)18-15/h3-4,6-8,11H,2,5,9-10,16H2,1H3,(H2,17,18,19). The number of fused-ring (bicyclic) bond motifs is 1. The van der Waals surface area contributed by atoms with Crippen LogP contribution >= 0.6 is 0 Å². The maximum absolute atomic E-state index is 12.0. The summed E-state index contributed by atoms with van der Waals surface area (Å²) in [5.74, 6) is 1.21. The summed E-state index contributed by atoms with van der Waals surface area (Å²) in [6.45, 7) is 3.61. The molecule has 0 spiro atoms. The fraction of sp³-hybridized carbons (Fsp3) is 0.400. The van der Waals surface area contributed by atoms with E-state index in [2.05, 4.69) is 17.2 Å². The predicted octanol–water partition coefficient (Wildman–Crippen LogP) is 2.31. The van der Waals surface area contributed by atoms with Crippen molar-refractivity contribution in [3.8, 4) is 0 Å². The zero-order valence-electron chi connectivity index (χ0n) is 11.3. The highest BCUT2D eigenvalue weighted by atomic mass is 16.1. The number of nitrogens with one attached hydrogen (secondary N) is 2. The van der Waals surface area contributed by atoms with Crippen LogP contribution in [0.2, 0.25) is 0 Å². The van der Waals surface area contributed by atoms with Crippen LogP contribution in [-0.4, -0.2) is 18.1 Å². The van der Waals surface area contributed by atoms with Gasteiger partial charge in [-0.2, -0.15) is 0 Å². The molecular formula is C15H21N3O. The summed E-state index contributed by atoms with van der Waals surface area (Å²) in [6.07, 6.45) is 2.22. The van der Waals surface area contributed by atoms with Crippen LogP contribution in [-0.2, 0) is 0 Å². The minimum absolute atomic E-state index is 0.0386. The molecule has 4 nitrogen and oxygen atoms in total. The van der Waals surface area contributed by atoms with Gasteiger partial charge in [0.05, 0.1) is 5.52 Å². The number of aromatic amines is 1. The van der Waals surface area contributed by atoms with Crippen LogP contribution in [0.4, 0.5) is 5.82 Å². The molecule has 0 fully saturated rings. The first kappa shape index (κ1) is 13.6. The Morgan fingerprint density at radius 1 is 1.37 bits per heavy atom. The van der Waals surface area contributed by atoms with Gasteiger partial charge in [0.2, 0.25) is 0 Å². The zero-order valence-corrected chi connectivity index (χ0v) is 11.3. The lowest BCUT2D eigenvalue weighted by molar-refractivity contribution is 0.513. The molecule has 1 unspecified atom stereocenters. The molecule has 1 aromatic heterocycles. The molecule has 1 atom stereocenters. The molecule has 4 heteroatoms. The molecule has 4 N–H and O–H groups in total. The Bertz CT molecular complexity index is 591. The van der Waals surface area contributed by atoms with Crippen LogP contribution < -0.4 is 16.5 Å². The fourth-order valence-corrected chi connectivity index (χ4v) is 2.26. The van der Waals surface area contributed by atoms with E-state index in [1.807, 2.05) is 24.3 Å². The van der Waals surface area contributed by atoms with Gasteiger partial charge in [0.15, 0.2) is 5.43 Å². The van der Waals surface area contributed by atoms with Crippen molar-refractivity contribution in [1.82, 2.24) is 4.98 Å². The van der Waals surface area contributed by atoms with Crippen LogP contribution in [0.3, 0.4) is 0 Å². The largest absolute Gasteiger partial charge is 0.371 e. The highest BCUT2D eigenvalue weighted by molar-refractivity contribution is 5.79. The Hall–Kier alpha value is -1.81. The first-order chi connectivity index (χ1) is 9.24. The van der Waals surface area contributed by atoms with Gasteiger partial charge in [-0.1, -0.05) is 25.5 Å². The topological polar surface area (TPSA) is 70.9 Å². The average molecular weight is 259 g/mol. The molecule has 1 heterocycles. The van der Waals surface area contributed by atoms with E-state index in [9.17, 15) is 4.79 Å². The third-order valence-corrected chi connectivity index (χ3v) is 3.35. The van der Waals surface area contributed by atoms with Crippen LogP contribution in [0.25, 0.3) is 10.9 Å². The lowest BCUT2D eigenvalue weighted by Crippen LogP contribution is -2.23. The SMILES string of the molecule is CCCC(CN)CNc1cc(=O)c2ccccc2[nH]1. The Kier molecular flexibility index (Phi) is 4.58. The van der Waals surface area contributed by atoms with E-state index in [1.165, 1.54) is 0 Å². The molecule has 0 saturated heterocycles. The number of rotatable bonds is 6. The molecule has 2 aromatic rings. The van der Waals surface area contributed by atoms with Crippen LogP contribution in [0.1, 0.15) is 19.8 Å². The lowest BCUT2D eigenvalue weighted by Gasteiger charge is -2.15. The van der Waals surface area contributed by atoms with Crippen molar-refractivity contribution in [3.63, 3.8) is 0 Å². The molecule has 2 rings (SSSR count). The lowest BCUT2D eigenvalue weighted by atomic mass is 10.0. The third kappa shape index (κ3) is 3.35. The average Bonchev–Trinajstić information content (AvgIpc) is 2.43. The minimum atomic E-state index is 0.0386. The van der Waals surface area contributed by atoms with E-state index in [4.69, 9.17) is 5.73 Å². The normalized spacial score (nSPS) is 12.5. The van der Waals surface area contributed by atoms with E-state index >= 15 is 0 Å². The van der Waals surface area contributed by atoms with Gasteiger partial charge in [-0.05, 0) is 31.0 Å². The summed E-state index contributed by atoms with van der Waals surface area (Å²) in [5.41, 5.74) is 6.63. The second-order valence-corrected chi connectivity index (χ2v) is 4.86. The van der Waals surface area contributed by atoms with Gasteiger partial charge in [-0.25, -0.2) is 0 Å². The molecular weight excluding hydrogens is 238 g/mol. The maximum atomic E-state index is 12.0. The monoisotopic (exact) mass is 259 g/mol. The predicted molar refractivity (Wildman–Crippen MR) is 80.5 cm³/mol. The highest BCUT2D eigenvalue weighted by Gasteiger charge is 2.06. The molecule has 0 aliphatic carbocycles. The molecule has 0 bridgehead atoms. The molecule has 0 amide bonds. The molecule has 0 aliphatic rings. The first-order valence-electron chi connectivity index (χ1n) is 6.80. The van der Waals surface area contributed by atoms with Gasteiger partial charge in [-0.15, -0.1) is 0 Å². The molecule has 0 radical (unpaired) electrons. The van der Waals surface area contributed by atoms with Crippen LogP contribution in [0.15, 0.2) is 35.1 Å². The van der Waals surface area contributed by atoms with Crippen molar-refractivity contribution in [2.75, 3.05) is 18.4 Å². The van der Waals surface area contributed by atoms with Gasteiger partial charge >= 0.3 is 0 Å². The minimum Gasteiger partial charge on any atom is -0.371 e. The number of anilines is 1. The van der Waals surface area contributed by atoms with Gasteiger partial charge in [0, 0.05) is 18.0 Å². The molecule has 19 heavy (non-hydrogen) atoms. The Labute approximate surface area is 113 Å². The number of hydrogen-bond acceptors (Lipinski definition) is 3. The van der Waals surface area contributed by atoms with Crippen molar-refractivity contribution in [2.24, 2.45) is 11.7 Å². The second-order valence-electron chi connectivity index (χ2n) is 4.86. The summed E-state index contributed by atoms with van der Waals surface area (Å²) >= 11 is 0. The quantitative estimate of drug-likeness (QED) is 0.745. The molecule has 0 saturated carbocycles. The van der Waals surface area contributed by atoms with E-state index in [0.717, 1.165) is 36.1 Å². The fourth-order valence-electron chi connectivity index (χ4n) is 2.26. The second kappa shape index (κ2) is 6.38. The Morgan fingerprint density at radius 3 is 2.89 bits per heavy atom. The summed E-state index contributed by atoms with van der Waals surface area (Å²) < 4.78 is 0. The van der Waals surface area contributed by atoms with Crippen LogP contribution in [0.5, 0.6) is 0 Å². The van der Waals surface area contributed by atoms with Crippen molar-refractivity contribution in [1.29, 1.82) is 0 Å². The molecule has 1 aromatic carbocycles. The molecule has 102 valence electrons. The zero-order chi connectivity index (χ0) is 13.7. The number of nitrogens with two attached hydrogens (primary N) is 1. The third-order valence-electron chi connectivity index (χ3n) is 3.35. The van der Waals surface area contributed by atoms with E-state index in [1.54, 1.807) is 6.07 Å². The van der Waals surface area contributed by atoms with Gasteiger partial charge < -0.3 is 16.0 Å². The Balaban J connectivity index is 2.15. The van der Waals surface area contributed by atoms with Gasteiger partial charge in [0.1, 0.15) is 5.82 Å². The van der Waals surface area contributed by atoms with Crippen molar-refractivity contribution >= 4 is 16.7 Å². The summed E-state index contributed by atoms with van der Waals surface area (Å²) in [5, 5.41) is 4.00. The summed E-state index contributed by atoms with van der Waals surface area (Å²) in [7, 11) is 0. The number of pyridine rings is 1. The van der Waals surface area contributed by atoms with Crippen molar-refractivity contribution < 1.29 is 0 Å². The van der Waals surface area contributed by atoms with Crippen molar-refractivity contribution in [2.45, 2.75) is 19.8 Å². The number of hydrogen-bond donors (Lipinski definition) is 3. The number of benzene rings is 1. The molecule has 0 aliphatic heterocycles. The smallest absolute Gasteiger partial charge is 0.191 e.